The second-order valence-corrected chi connectivity index (χ2v) is 4.94. The molecular formula is C10H15Cl2NO. The topological polar surface area (TPSA) is 23.5 Å². The molecule has 1 N–H and O–H groups in total. The number of fused-ring (bicyclic) bond motifs is 2. The zero-order chi connectivity index (χ0) is 10.1. The van der Waals surface area contributed by atoms with Crippen LogP contribution in [0.5, 0.6) is 0 Å². The first kappa shape index (κ1) is 10.7. The van der Waals surface area contributed by atoms with E-state index in [1.165, 1.54) is 18.4 Å². The molecular weight excluding hydrogens is 221 g/mol. The first-order chi connectivity index (χ1) is 6.70. The lowest BCUT2D eigenvalue weighted by atomic mass is 10.00. The normalized spacial score (nSPS) is 39.1. The minimum Gasteiger partial charge on any atom is -0.393 e. The zero-order valence-corrected chi connectivity index (χ0v) is 9.51. The van der Waals surface area contributed by atoms with Gasteiger partial charge < -0.3 is 5.11 Å². The standard InChI is InChI=1S/C10H15Cl2NO/c11-5-7(12)6-13-8-1-2-9(13)4-10(14)3-8/h5,8-10,14H,1-4,6H2/b7-5-. The van der Waals surface area contributed by atoms with Crippen molar-refractivity contribution in [1.29, 1.82) is 0 Å². The molecule has 0 aliphatic carbocycles. The molecule has 0 aromatic carbocycles. The smallest absolute Gasteiger partial charge is 0.0570 e. The van der Waals surface area contributed by atoms with Gasteiger partial charge in [-0.1, -0.05) is 23.2 Å². The molecule has 2 aliphatic heterocycles. The van der Waals surface area contributed by atoms with Gasteiger partial charge in [0.2, 0.25) is 0 Å². The van der Waals surface area contributed by atoms with Gasteiger partial charge in [-0.2, -0.15) is 0 Å². The van der Waals surface area contributed by atoms with E-state index in [1.54, 1.807) is 0 Å². The van der Waals surface area contributed by atoms with E-state index in [0.717, 1.165) is 19.4 Å². The average molecular weight is 236 g/mol. The molecule has 2 saturated heterocycles. The number of piperidine rings is 1. The van der Waals surface area contributed by atoms with Crippen LogP contribution in [0, 0.1) is 0 Å². The fraction of sp³-hybridized carbons (Fsp3) is 0.800. The molecule has 0 saturated carbocycles. The van der Waals surface area contributed by atoms with Crippen LogP contribution in [-0.4, -0.2) is 34.7 Å². The quantitative estimate of drug-likeness (QED) is 0.795. The summed E-state index contributed by atoms with van der Waals surface area (Å²) in [4.78, 5) is 2.38. The van der Waals surface area contributed by atoms with Gasteiger partial charge in [0.1, 0.15) is 0 Å². The van der Waals surface area contributed by atoms with E-state index in [4.69, 9.17) is 23.2 Å². The van der Waals surface area contributed by atoms with Crippen LogP contribution in [0.4, 0.5) is 0 Å². The van der Waals surface area contributed by atoms with E-state index in [9.17, 15) is 5.11 Å². The van der Waals surface area contributed by atoms with E-state index >= 15 is 0 Å². The number of halogens is 2. The third kappa shape index (κ3) is 2.08. The van der Waals surface area contributed by atoms with Crippen molar-refractivity contribution in [3.63, 3.8) is 0 Å². The summed E-state index contributed by atoms with van der Waals surface area (Å²) in [6, 6.07) is 1.02. The Morgan fingerprint density at radius 3 is 2.43 bits per heavy atom. The highest BCUT2D eigenvalue weighted by Crippen LogP contribution is 2.36. The average Bonchev–Trinajstić information content (AvgIpc) is 2.41. The predicted molar refractivity (Wildman–Crippen MR) is 58.5 cm³/mol. The van der Waals surface area contributed by atoms with Crippen molar-refractivity contribution in [3.8, 4) is 0 Å². The first-order valence-electron chi connectivity index (χ1n) is 5.09. The number of hydrogen-bond donors (Lipinski definition) is 1. The molecule has 2 heterocycles. The van der Waals surface area contributed by atoms with Gasteiger partial charge in [-0.25, -0.2) is 0 Å². The second-order valence-electron chi connectivity index (χ2n) is 4.24. The van der Waals surface area contributed by atoms with Gasteiger partial charge in [-0.15, -0.1) is 0 Å². The minimum absolute atomic E-state index is 0.109. The maximum absolute atomic E-state index is 9.60. The number of rotatable bonds is 2. The Bertz CT molecular complexity index is 230. The monoisotopic (exact) mass is 235 g/mol. The van der Waals surface area contributed by atoms with Crippen LogP contribution in [0.15, 0.2) is 10.6 Å². The largest absolute Gasteiger partial charge is 0.393 e. The third-order valence-corrected chi connectivity index (χ3v) is 3.92. The summed E-state index contributed by atoms with van der Waals surface area (Å²) in [5.41, 5.74) is 1.44. The molecule has 2 aliphatic rings. The molecule has 2 nitrogen and oxygen atoms in total. The molecule has 2 fully saturated rings. The zero-order valence-electron chi connectivity index (χ0n) is 8.00. The highest BCUT2D eigenvalue weighted by molar-refractivity contribution is 6.36. The number of aliphatic hydroxyl groups is 1. The Kier molecular flexibility index (Phi) is 3.38. The molecule has 2 bridgehead atoms. The highest BCUT2D eigenvalue weighted by atomic mass is 35.5. The molecule has 2 atom stereocenters. The minimum atomic E-state index is -0.109. The van der Waals surface area contributed by atoms with Crippen molar-refractivity contribution in [2.75, 3.05) is 6.54 Å². The molecule has 4 heteroatoms. The van der Waals surface area contributed by atoms with Crippen LogP contribution < -0.4 is 0 Å². The lowest BCUT2D eigenvalue weighted by Gasteiger charge is -2.36. The molecule has 0 amide bonds. The molecule has 80 valence electrons. The molecule has 0 aromatic rings. The Balaban J connectivity index is 2.00. The van der Waals surface area contributed by atoms with Crippen molar-refractivity contribution in [2.24, 2.45) is 0 Å². The maximum Gasteiger partial charge on any atom is 0.0570 e. The van der Waals surface area contributed by atoms with E-state index in [0.29, 0.717) is 17.1 Å². The van der Waals surface area contributed by atoms with Gasteiger partial charge in [0.25, 0.3) is 0 Å². The third-order valence-electron chi connectivity index (χ3n) is 3.31. The van der Waals surface area contributed by atoms with Gasteiger partial charge >= 0.3 is 0 Å². The summed E-state index contributed by atoms with van der Waals surface area (Å²) in [7, 11) is 0. The summed E-state index contributed by atoms with van der Waals surface area (Å²) in [6.45, 7) is 0.743. The Hall–Kier alpha value is 0.240. The van der Waals surface area contributed by atoms with Crippen LogP contribution in [0.3, 0.4) is 0 Å². The molecule has 2 unspecified atom stereocenters. The van der Waals surface area contributed by atoms with Gasteiger partial charge in [0, 0.05) is 29.2 Å². The second kappa shape index (κ2) is 4.40. The van der Waals surface area contributed by atoms with Gasteiger partial charge in [0.15, 0.2) is 0 Å². The highest BCUT2D eigenvalue weighted by Gasteiger charge is 2.39. The van der Waals surface area contributed by atoms with Crippen molar-refractivity contribution < 1.29 is 5.11 Å². The molecule has 0 spiro atoms. The lowest BCUT2D eigenvalue weighted by molar-refractivity contribution is 0.0416. The van der Waals surface area contributed by atoms with Crippen LogP contribution in [0.2, 0.25) is 0 Å². The maximum atomic E-state index is 9.60. The Morgan fingerprint density at radius 1 is 1.36 bits per heavy atom. The number of aliphatic hydroxyl groups excluding tert-OH is 1. The van der Waals surface area contributed by atoms with Gasteiger partial charge in [0.05, 0.1) is 6.10 Å². The van der Waals surface area contributed by atoms with Crippen molar-refractivity contribution in [2.45, 2.75) is 43.9 Å². The van der Waals surface area contributed by atoms with Crippen molar-refractivity contribution in [1.82, 2.24) is 4.90 Å². The van der Waals surface area contributed by atoms with Gasteiger partial charge in [-0.3, -0.25) is 4.90 Å². The summed E-state index contributed by atoms with van der Waals surface area (Å²) in [6.07, 6.45) is 4.05. The molecule has 2 rings (SSSR count). The Labute approximate surface area is 94.5 Å². The van der Waals surface area contributed by atoms with Crippen molar-refractivity contribution >= 4 is 23.2 Å². The van der Waals surface area contributed by atoms with Crippen LogP contribution in [0.25, 0.3) is 0 Å². The summed E-state index contributed by atoms with van der Waals surface area (Å²) in [5, 5.41) is 10.3. The summed E-state index contributed by atoms with van der Waals surface area (Å²) >= 11 is 11.5. The predicted octanol–water partition coefficient (Wildman–Crippen LogP) is 2.29. The number of hydrogen-bond acceptors (Lipinski definition) is 2. The van der Waals surface area contributed by atoms with E-state index in [1.807, 2.05) is 0 Å². The van der Waals surface area contributed by atoms with E-state index < -0.39 is 0 Å². The van der Waals surface area contributed by atoms with Crippen molar-refractivity contribution in [3.05, 3.63) is 10.6 Å². The van der Waals surface area contributed by atoms with E-state index in [2.05, 4.69) is 4.90 Å². The summed E-state index contributed by atoms with van der Waals surface area (Å²) in [5.74, 6) is 0. The first-order valence-corrected chi connectivity index (χ1v) is 5.90. The van der Waals surface area contributed by atoms with Crippen LogP contribution in [0.1, 0.15) is 25.7 Å². The fourth-order valence-corrected chi connectivity index (χ4v) is 2.92. The molecule has 14 heavy (non-hydrogen) atoms. The SMILES string of the molecule is OC1CC2CCC(C1)N2C/C(Cl)=C/Cl. The Morgan fingerprint density at radius 2 is 1.93 bits per heavy atom. The fourth-order valence-electron chi connectivity index (χ4n) is 2.71. The lowest BCUT2D eigenvalue weighted by Crippen LogP contribution is -2.45. The molecule has 0 aromatic heterocycles. The van der Waals surface area contributed by atoms with E-state index in [-0.39, 0.29) is 6.10 Å². The molecule has 0 radical (unpaired) electrons. The van der Waals surface area contributed by atoms with Gasteiger partial charge in [-0.05, 0) is 25.7 Å². The number of nitrogens with zero attached hydrogens (tertiary/aromatic N) is 1. The summed E-state index contributed by atoms with van der Waals surface area (Å²) < 4.78 is 0. The van der Waals surface area contributed by atoms with Crippen LogP contribution >= 0.6 is 23.2 Å². The van der Waals surface area contributed by atoms with Crippen LogP contribution in [-0.2, 0) is 0 Å².